The molecule has 0 spiro atoms. The van der Waals surface area contributed by atoms with E-state index in [1.54, 1.807) is 57.7 Å². The van der Waals surface area contributed by atoms with Gasteiger partial charge >= 0.3 is 0 Å². The second-order valence-corrected chi connectivity index (χ2v) is 6.87. The van der Waals surface area contributed by atoms with Crippen molar-refractivity contribution in [3.8, 4) is 17.2 Å². The van der Waals surface area contributed by atoms with Crippen LogP contribution in [0.5, 0.6) is 17.2 Å². The molecule has 0 fully saturated rings. The van der Waals surface area contributed by atoms with Crippen LogP contribution in [-0.4, -0.2) is 41.8 Å². The molecule has 2 aromatic heterocycles. The second-order valence-electron chi connectivity index (χ2n) is 6.87. The third kappa shape index (κ3) is 3.89. The minimum atomic E-state index is -0.256. The predicted octanol–water partition coefficient (Wildman–Crippen LogP) is 2.93. The summed E-state index contributed by atoms with van der Waals surface area (Å²) in [5.41, 5.74) is 1.99. The van der Waals surface area contributed by atoms with Gasteiger partial charge in [0.05, 0.1) is 33.2 Å². The Morgan fingerprint density at radius 2 is 1.87 bits per heavy atom. The summed E-state index contributed by atoms with van der Waals surface area (Å²) in [5.74, 6) is 1.54. The predicted molar refractivity (Wildman–Crippen MR) is 117 cm³/mol. The molecular formula is C22H22N4O5. The minimum absolute atomic E-state index is 0.117. The SMILES string of the molecule is COc1cccc(NC(=O)CCn2cnc3c([nH]c4cc(OC)c(OC)cc43)c2=O)c1. The van der Waals surface area contributed by atoms with Gasteiger partial charge < -0.3 is 24.5 Å². The van der Waals surface area contributed by atoms with Gasteiger partial charge in [-0.25, -0.2) is 4.98 Å². The van der Waals surface area contributed by atoms with Crippen molar-refractivity contribution in [2.75, 3.05) is 26.6 Å². The van der Waals surface area contributed by atoms with Crippen molar-refractivity contribution in [1.82, 2.24) is 14.5 Å². The van der Waals surface area contributed by atoms with E-state index < -0.39 is 0 Å². The fourth-order valence-corrected chi connectivity index (χ4v) is 3.42. The Morgan fingerprint density at radius 1 is 1.10 bits per heavy atom. The van der Waals surface area contributed by atoms with Crippen molar-refractivity contribution in [2.45, 2.75) is 13.0 Å². The largest absolute Gasteiger partial charge is 0.497 e. The highest BCUT2D eigenvalue weighted by Gasteiger charge is 2.15. The summed E-state index contributed by atoms with van der Waals surface area (Å²) in [7, 11) is 4.66. The van der Waals surface area contributed by atoms with E-state index in [1.165, 1.54) is 10.9 Å². The number of hydrogen-bond donors (Lipinski definition) is 2. The van der Waals surface area contributed by atoms with Gasteiger partial charge in [-0.3, -0.25) is 14.2 Å². The van der Waals surface area contributed by atoms with E-state index in [4.69, 9.17) is 14.2 Å². The Kier molecular flexibility index (Phi) is 5.48. The Hall–Kier alpha value is -4.01. The number of amides is 1. The Bertz CT molecular complexity index is 1320. The van der Waals surface area contributed by atoms with E-state index in [0.717, 1.165) is 5.39 Å². The number of rotatable bonds is 7. The number of nitrogens with zero attached hydrogens (tertiary/aromatic N) is 2. The van der Waals surface area contributed by atoms with Crippen molar-refractivity contribution in [2.24, 2.45) is 0 Å². The van der Waals surface area contributed by atoms with Crippen molar-refractivity contribution < 1.29 is 19.0 Å². The van der Waals surface area contributed by atoms with Crippen molar-refractivity contribution in [1.29, 1.82) is 0 Å². The first kappa shape index (κ1) is 20.3. The summed E-state index contributed by atoms with van der Waals surface area (Å²) in [6, 6.07) is 10.6. The van der Waals surface area contributed by atoms with Crippen molar-refractivity contribution >= 4 is 33.5 Å². The number of aromatic nitrogens is 3. The van der Waals surface area contributed by atoms with Crippen LogP contribution in [0.25, 0.3) is 21.9 Å². The molecule has 1 amide bonds. The molecule has 31 heavy (non-hydrogen) atoms. The number of carbonyl (C=O) groups excluding carboxylic acids is 1. The summed E-state index contributed by atoms with van der Waals surface area (Å²) in [6.45, 7) is 0.194. The van der Waals surface area contributed by atoms with E-state index in [9.17, 15) is 9.59 Å². The molecule has 0 aliphatic heterocycles. The van der Waals surface area contributed by atoms with Gasteiger partial charge in [0, 0.05) is 36.2 Å². The number of carbonyl (C=O) groups is 1. The highest BCUT2D eigenvalue weighted by atomic mass is 16.5. The molecule has 0 unspecified atom stereocenters. The highest BCUT2D eigenvalue weighted by molar-refractivity contribution is 6.05. The molecule has 2 aromatic carbocycles. The van der Waals surface area contributed by atoms with Crippen molar-refractivity contribution in [3.05, 3.63) is 53.1 Å². The number of anilines is 1. The quantitative estimate of drug-likeness (QED) is 0.474. The number of aryl methyl sites for hydroxylation is 1. The molecule has 4 aromatic rings. The third-order valence-corrected chi connectivity index (χ3v) is 5.01. The van der Waals surface area contributed by atoms with Gasteiger partial charge in [-0.2, -0.15) is 0 Å². The fraction of sp³-hybridized carbons (Fsp3) is 0.227. The topological polar surface area (TPSA) is 107 Å². The number of nitrogens with one attached hydrogen (secondary N) is 2. The van der Waals surface area contributed by atoms with Crippen LogP contribution in [0, 0.1) is 0 Å². The maximum Gasteiger partial charge on any atom is 0.277 e. The Balaban J connectivity index is 1.57. The lowest BCUT2D eigenvalue weighted by atomic mass is 10.2. The zero-order valence-electron chi connectivity index (χ0n) is 17.4. The van der Waals surface area contributed by atoms with Gasteiger partial charge in [-0.1, -0.05) is 6.07 Å². The normalized spacial score (nSPS) is 10.9. The summed E-state index contributed by atoms with van der Waals surface area (Å²) in [4.78, 5) is 32.8. The molecule has 160 valence electrons. The van der Waals surface area contributed by atoms with Gasteiger partial charge in [-0.15, -0.1) is 0 Å². The molecule has 4 rings (SSSR count). The maximum atomic E-state index is 12.9. The number of methoxy groups -OCH3 is 3. The number of hydrogen-bond acceptors (Lipinski definition) is 6. The zero-order valence-corrected chi connectivity index (χ0v) is 17.4. The molecule has 0 aliphatic rings. The number of fused-ring (bicyclic) bond motifs is 3. The van der Waals surface area contributed by atoms with Crippen LogP contribution in [-0.2, 0) is 11.3 Å². The van der Waals surface area contributed by atoms with Gasteiger partial charge in [0.25, 0.3) is 5.56 Å². The smallest absolute Gasteiger partial charge is 0.277 e. The summed E-state index contributed by atoms with van der Waals surface area (Å²) < 4.78 is 17.2. The first-order valence-corrected chi connectivity index (χ1v) is 9.60. The van der Waals surface area contributed by atoms with Gasteiger partial charge in [0.15, 0.2) is 11.5 Å². The van der Waals surface area contributed by atoms with E-state index in [1.807, 2.05) is 0 Å². The molecule has 9 nitrogen and oxygen atoms in total. The van der Waals surface area contributed by atoms with Crippen LogP contribution in [0.1, 0.15) is 6.42 Å². The lowest BCUT2D eigenvalue weighted by Crippen LogP contribution is -2.23. The molecule has 9 heteroatoms. The molecule has 0 bridgehead atoms. The van der Waals surface area contributed by atoms with Gasteiger partial charge in [0.2, 0.25) is 5.91 Å². The number of aromatic amines is 1. The van der Waals surface area contributed by atoms with Crippen LogP contribution >= 0.6 is 0 Å². The van der Waals surface area contributed by atoms with Crippen LogP contribution in [0.15, 0.2) is 47.5 Å². The third-order valence-electron chi connectivity index (χ3n) is 5.01. The lowest BCUT2D eigenvalue weighted by molar-refractivity contribution is -0.116. The van der Waals surface area contributed by atoms with Gasteiger partial charge in [0.1, 0.15) is 16.8 Å². The lowest BCUT2D eigenvalue weighted by Gasteiger charge is -2.08. The monoisotopic (exact) mass is 422 g/mol. The van der Waals surface area contributed by atoms with E-state index in [-0.39, 0.29) is 24.4 Å². The van der Waals surface area contributed by atoms with Crippen LogP contribution in [0.3, 0.4) is 0 Å². The Labute approximate surface area is 177 Å². The summed E-state index contributed by atoms with van der Waals surface area (Å²) >= 11 is 0. The average Bonchev–Trinajstić information content (AvgIpc) is 3.16. The van der Waals surface area contributed by atoms with Gasteiger partial charge in [-0.05, 0) is 18.2 Å². The number of ether oxygens (including phenoxy) is 3. The minimum Gasteiger partial charge on any atom is -0.497 e. The van der Waals surface area contributed by atoms with E-state index >= 15 is 0 Å². The van der Waals surface area contributed by atoms with Crippen LogP contribution in [0.4, 0.5) is 5.69 Å². The number of benzene rings is 2. The molecule has 0 saturated carbocycles. The first-order chi connectivity index (χ1) is 15.0. The summed E-state index contributed by atoms with van der Waals surface area (Å²) in [6.07, 6.45) is 1.57. The number of H-pyrrole nitrogens is 1. The standard InChI is InChI=1S/C22H22N4O5/c1-29-14-6-4-5-13(9-14)24-19(27)7-8-26-12-23-20-15-10-17(30-2)18(31-3)11-16(15)25-21(20)22(26)28/h4-6,9-12,25H,7-8H2,1-3H3,(H,24,27). The van der Waals surface area contributed by atoms with Crippen LogP contribution < -0.4 is 25.1 Å². The average molecular weight is 422 g/mol. The maximum absolute atomic E-state index is 12.9. The molecular weight excluding hydrogens is 400 g/mol. The van der Waals surface area contributed by atoms with E-state index in [0.29, 0.717) is 39.5 Å². The molecule has 2 N–H and O–H groups in total. The summed E-state index contributed by atoms with van der Waals surface area (Å²) in [5, 5.41) is 3.56. The highest BCUT2D eigenvalue weighted by Crippen LogP contribution is 2.34. The van der Waals surface area contributed by atoms with E-state index in [2.05, 4.69) is 15.3 Å². The molecule has 0 aliphatic carbocycles. The molecule has 0 saturated heterocycles. The second kappa shape index (κ2) is 8.39. The van der Waals surface area contributed by atoms with Crippen molar-refractivity contribution in [3.63, 3.8) is 0 Å². The zero-order chi connectivity index (χ0) is 22.0. The fourth-order valence-electron chi connectivity index (χ4n) is 3.42. The Morgan fingerprint density at radius 3 is 2.61 bits per heavy atom. The first-order valence-electron chi connectivity index (χ1n) is 9.60. The molecule has 2 heterocycles. The molecule has 0 radical (unpaired) electrons. The van der Waals surface area contributed by atoms with Crippen LogP contribution in [0.2, 0.25) is 0 Å². The molecule has 0 atom stereocenters.